The van der Waals surface area contributed by atoms with Crippen LogP contribution in [0.5, 0.6) is 11.6 Å². The van der Waals surface area contributed by atoms with Crippen LogP contribution in [0.25, 0.3) is 0 Å². The minimum Gasteiger partial charge on any atom is -0.487 e. The third-order valence-corrected chi connectivity index (χ3v) is 2.87. The predicted octanol–water partition coefficient (Wildman–Crippen LogP) is 2.70. The number of methoxy groups -OCH3 is 1. The topological polar surface area (TPSA) is 57.4 Å². The van der Waals surface area contributed by atoms with Gasteiger partial charge in [0.15, 0.2) is 0 Å². The number of pyridine rings is 1. The molecule has 0 saturated carbocycles. The molecule has 1 heterocycles. The highest BCUT2D eigenvalue weighted by molar-refractivity contribution is 5.30. The third kappa shape index (κ3) is 4.72. The van der Waals surface area contributed by atoms with Crippen molar-refractivity contribution < 1.29 is 13.9 Å². The van der Waals surface area contributed by atoms with E-state index in [0.29, 0.717) is 23.7 Å². The van der Waals surface area contributed by atoms with Gasteiger partial charge in [0.25, 0.3) is 0 Å². The van der Waals surface area contributed by atoms with Gasteiger partial charge in [-0.25, -0.2) is 9.37 Å². The summed E-state index contributed by atoms with van der Waals surface area (Å²) >= 11 is 0. The molecule has 0 aliphatic carbocycles. The fraction of sp³-hybridized carbons (Fsp3) is 0.312. The van der Waals surface area contributed by atoms with Gasteiger partial charge in [-0.1, -0.05) is 6.07 Å². The first-order valence-corrected chi connectivity index (χ1v) is 6.74. The molecule has 0 saturated heterocycles. The zero-order chi connectivity index (χ0) is 15.2. The van der Waals surface area contributed by atoms with E-state index in [-0.39, 0.29) is 18.5 Å². The summed E-state index contributed by atoms with van der Waals surface area (Å²) in [5.41, 5.74) is 7.27. The molecule has 21 heavy (non-hydrogen) atoms. The van der Waals surface area contributed by atoms with Crippen molar-refractivity contribution in [1.29, 1.82) is 0 Å². The van der Waals surface area contributed by atoms with Gasteiger partial charge < -0.3 is 15.2 Å². The average molecular weight is 290 g/mol. The SMILES string of the molecule is COc1cccc(COc2cc(F)cc(CC(C)N)c2)n1. The zero-order valence-corrected chi connectivity index (χ0v) is 12.2. The van der Waals surface area contributed by atoms with Crippen LogP contribution < -0.4 is 15.2 Å². The van der Waals surface area contributed by atoms with E-state index in [1.165, 1.54) is 12.1 Å². The van der Waals surface area contributed by atoms with Crippen LogP contribution in [0.4, 0.5) is 4.39 Å². The Balaban J connectivity index is 2.06. The lowest BCUT2D eigenvalue weighted by molar-refractivity contribution is 0.296. The molecule has 1 aromatic heterocycles. The number of benzene rings is 1. The van der Waals surface area contributed by atoms with E-state index in [1.807, 2.05) is 19.1 Å². The number of aromatic nitrogens is 1. The number of rotatable bonds is 6. The predicted molar refractivity (Wildman–Crippen MR) is 78.9 cm³/mol. The van der Waals surface area contributed by atoms with Crippen molar-refractivity contribution >= 4 is 0 Å². The molecule has 2 N–H and O–H groups in total. The lowest BCUT2D eigenvalue weighted by Crippen LogP contribution is -2.17. The Morgan fingerprint density at radius 1 is 1.29 bits per heavy atom. The number of halogens is 1. The van der Waals surface area contributed by atoms with E-state index >= 15 is 0 Å². The Hall–Kier alpha value is -2.14. The van der Waals surface area contributed by atoms with Crippen molar-refractivity contribution in [1.82, 2.24) is 4.98 Å². The lowest BCUT2D eigenvalue weighted by atomic mass is 10.1. The van der Waals surface area contributed by atoms with Gasteiger partial charge in [-0.3, -0.25) is 0 Å². The molecular formula is C16H19FN2O2. The van der Waals surface area contributed by atoms with Crippen LogP contribution in [0.15, 0.2) is 36.4 Å². The molecule has 5 heteroatoms. The van der Waals surface area contributed by atoms with Crippen LogP contribution in [0.2, 0.25) is 0 Å². The maximum atomic E-state index is 13.6. The van der Waals surface area contributed by atoms with Gasteiger partial charge in [0.1, 0.15) is 18.2 Å². The first-order chi connectivity index (χ1) is 10.1. The van der Waals surface area contributed by atoms with Crippen molar-refractivity contribution in [2.45, 2.75) is 26.0 Å². The molecule has 2 aromatic rings. The second kappa shape index (κ2) is 7.04. The molecule has 1 atom stereocenters. The highest BCUT2D eigenvalue weighted by Gasteiger charge is 2.05. The molecule has 0 spiro atoms. The second-order valence-electron chi connectivity index (χ2n) is 4.94. The summed E-state index contributed by atoms with van der Waals surface area (Å²) in [5.74, 6) is 0.657. The van der Waals surface area contributed by atoms with Gasteiger partial charge in [0.2, 0.25) is 5.88 Å². The van der Waals surface area contributed by atoms with Crippen molar-refractivity contribution in [3.8, 4) is 11.6 Å². The van der Waals surface area contributed by atoms with Crippen molar-refractivity contribution in [2.24, 2.45) is 5.73 Å². The van der Waals surface area contributed by atoms with E-state index < -0.39 is 0 Å². The Morgan fingerprint density at radius 3 is 2.81 bits per heavy atom. The fourth-order valence-electron chi connectivity index (χ4n) is 2.00. The Kier molecular flexibility index (Phi) is 5.11. The van der Waals surface area contributed by atoms with E-state index in [1.54, 1.807) is 19.2 Å². The van der Waals surface area contributed by atoms with Crippen LogP contribution in [0.3, 0.4) is 0 Å². The molecule has 1 unspecified atom stereocenters. The summed E-state index contributed by atoms with van der Waals surface area (Å²) in [4.78, 5) is 4.24. The van der Waals surface area contributed by atoms with Gasteiger partial charge in [-0.2, -0.15) is 0 Å². The van der Waals surface area contributed by atoms with E-state index in [2.05, 4.69) is 4.98 Å². The number of nitrogens with zero attached hydrogens (tertiary/aromatic N) is 1. The lowest BCUT2D eigenvalue weighted by Gasteiger charge is -2.10. The molecule has 0 amide bonds. The highest BCUT2D eigenvalue weighted by Crippen LogP contribution is 2.19. The molecular weight excluding hydrogens is 271 g/mol. The molecule has 0 aliphatic rings. The molecule has 0 bridgehead atoms. The average Bonchev–Trinajstić information content (AvgIpc) is 2.44. The monoisotopic (exact) mass is 290 g/mol. The van der Waals surface area contributed by atoms with E-state index in [4.69, 9.17) is 15.2 Å². The highest BCUT2D eigenvalue weighted by atomic mass is 19.1. The van der Waals surface area contributed by atoms with Crippen molar-refractivity contribution in [3.63, 3.8) is 0 Å². The van der Waals surface area contributed by atoms with E-state index in [0.717, 1.165) is 5.56 Å². The fourth-order valence-corrected chi connectivity index (χ4v) is 2.00. The van der Waals surface area contributed by atoms with Gasteiger partial charge in [-0.05, 0) is 37.1 Å². The van der Waals surface area contributed by atoms with Crippen LogP contribution in [-0.4, -0.2) is 18.1 Å². The number of ether oxygens (including phenoxy) is 2. The maximum Gasteiger partial charge on any atom is 0.213 e. The molecule has 1 aromatic carbocycles. The molecule has 4 nitrogen and oxygen atoms in total. The van der Waals surface area contributed by atoms with Crippen LogP contribution in [-0.2, 0) is 13.0 Å². The largest absolute Gasteiger partial charge is 0.487 e. The second-order valence-corrected chi connectivity index (χ2v) is 4.94. The third-order valence-electron chi connectivity index (χ3n) is 2.87. The zero-order valence-electron chi connectivity index (χ0n) is 12.2. The van der Waals surface area contributed by atoms with Crippen LogP contribution in [0, 0.1) is 5.82 Å². The minimum absolute atomic E-state index is 0.0281. The minimum atomic E-state index is -0.332. The molecule has 2 rings (SSSR count). The van der Waals surface area contributed by atoms with E-state index in [9.17, 15) is 4.39 Å². The Bertz CT molecular complexity index is 603. The molecule has 112 valence electrons. The summed E-state index contributed by atoms with van der Waals surface area (Å²) in [7, 11) is 1.56. The summed E-state index contributed by atoms with van der Waals surface area (Å²) in [5, 5.41) is 0. The standard InChI is InChI=1S/C16H19FN2O2/c1-11(18)6-12-7-13(17)9-15(8-12)21-10-14-4-3-5-16(19-14)20-2/h3-5,7-9,11H,6,10,18H2,1-2H3. The van der Waals surface area contributed by atoms with Crippen LogP contribution >= 0.6 is 0 Å². The van der Waals surface area contributed by atoms with Gasteiger partial charge >= 0.3 is 0 Å². The Labute approximate surface area is 123 Å². The maximum absolute atomic E-state index is 13.6. The first kappa shape index (κ1) is 15.3. The van der Waals surface area contributed by atoms with Crippen molar-refractivity contribution in [2.75, 3.05) is 7.11 Å². The molecule has 0 fully saturated rings. The van der Waals surface area contributed by atoms with Crippen molar-refractivity contribution in [3.05, 3.63) is 53.5 Å². The Morgan fingerprint density at radius 2 is 2.10 bits per heavy atom. The van der Waals surface area contributed by atoms with Gasteiger partial charge in [0.05, 0.1) is 12.8 Å². The summed E-state index contributed by atoms with van der Waals surface area (Å²) < 4.78 is 24.2. The molecule has 0 aliphatic heterocycles. The number of hydrogen-bond acceptors (Lipinski definition) is 4. The first-order valence-electron chi connectivity index (χ1n) is 6.74. The quantitative estimate of drug-likeness (QED) is 0.888. The summed E-state index contributed by atoms with van der Waals surface area (Å²) in [6.45, 7) is 2.13. The smallest absolute Gasteiger partial charge is 0.213 e. The molecule has 0 radical (unpaired) electrons. The number of nitrogens with two attached hydrogens (primary N) is 1. The normalized spacial score (nSPS) is 12.0. The summed E-state index contributed by atoms with van der Waals surface area (Å²) in [6.07, 6.45) is 0.603. The van der Waals surface area contributed by atoms with Gasteiger partial charge in [0, 0.05) is 18.2 Å². The summed E-state index contributed by atoms with van der Waals surface area (Å²) in [6, 6.07) is 10.0. The van der Waals surface area contributed by atoms with Gasteiger partial charge in [-0.15, -0.1) is 0 Å². The number of hydrogen-bond donors (Lipinski definition) is 1. The van der Waals surface area contributed by atoms with Crippen LogP contribution in [0.1, 0.15) is 18.2 Å².